The zero-order chi connectivity index (χ0) is 23.5. The lowest BCUT2D eigenvalue weighted by molar-refractivity contribution is -0.140. The summed E-state index contributed by atoms with van der Waals surface area (Å²) in [6.07, 6.45) is 0.650. The molecule has 0 unspecified atom stereocenters. The molecule has 3 rings (SSSR count). The number of nitrogens with zero attached hydrogens (tertiary/aromatic N) is 1. The van der Waals surface area contributed by atoms with Crippen LogP contribution < -0.4 is 16.1 Å². The third-order valence-corrected chi connectivity index (χ3v) is 11.9. The van der Waals surface area contributed by atoms with Gasteiger partial charge in [-0.2, -0.15) is 0 Å². The van der Waals surface area contributed by atoms with Gasteiger partial charge in [-0.25, -0.2) is 0 Å². The second-order valence-electron chi connectivity index (χ2n) is 9.83. The van der Waals surface area contributed by atoms with Crippen molar-refractivity contribution in [1.29, 1.82) is 0 Å². The SMILES string of the molecule is CN1[C@H](CO[Si](c2ccccc2)(c2ccccc2)C(C)(C)C)C[C@H](CO)[C@@H]1[C@@H](N)C(=O)O. The van der Waals surface area contributed by atoms with Crippen molar-refractivity contribution in [2.24, 2.45) is 11.7 Å². The van der Waals surface area contributed by atoms with Crippen molar-refractivity contribution in [2.75, 3.05) is 20.3 Å². The van der Waals surface area contributed by atoms with Crippen LogP contribution in [0.5, 0.6) is 0 Å². The Bertz CT molecular complexity index is 848. The second-order valence-corrected chi connectivity index (χ2v) is 14.1. The molecule has 1 aliphatic rings. The fourth-order valence-corrected chi connectivity index (χ4v) is 9.87. The molecule has 1 aliphatic heterocycles. The van der Waals surface area contributed by atoms with Gasteiger partial charge in [-0.1, -0.05) is 81.4 Å². The van der Waals surface area contributed by atoms with Gasteiger partial charge in [-0.3, -0.25) is 9.69 Å². The molecule has 0 amide bonds. The minimum atomic E-state index is -2.69. The molecule has 1 heterocycles. The summed E-state index contributed by atoms with van der Waals surface area (Å²) in [5.74, 6) is -1.24. The van der Waals surface area contributed by atoms with E-state index in [-0.39, 0.29) is 23.6 Å². The quantitative estimate of drug-likeness (QED) is 0.523. The number of carbonyl (C=O) groups is 1. The van der Waals surface area contributed by atoms with Crippen molar-refractivity contribution >= 4 is 24.7 Å². The van der Waals surface area contributed by atoms with Crippen LogP contribution >= 0.6 is 0 Å². The fourth-order valence-electron chi connectivity index (χ4n) is 5.27. The molecule has 1 saturated heterocycles. The van der Waals surface area contributed by atoms with Crippen molar-refractivity contribution in [3.05, 3.63) is 60.7 Å². The zero-order valence-corrected chi connectivity index (χ0v) is 20.4. The Balaban J connectivity index is 1.97. The molecule has 0 aromatic heterocycles. The van der Waals surface area contributed by atoms with Crippen molar-refractivity contribution in [1.82, 2.24) is 4.90 Å². The monoisotopic (exact) mass is 456 g/mol. The van der Waals surface area contributed by atoms with E-state index in [1.165, 1.54) is 10.4 Å². The number of hydrogen-bond acceptors (Lipinski definition) is 5. The van der Waals surface area contributed by atoms with Gasteiger partial charge in [0.15, 0.2) is 0 Å². The number of aliphatic carboxylic acids is 1. The van der Waals surface area contributed by atoms with Crippen LogP contribution in [-0.4, -0.2) is 67.8 Å². The van der Waals surface area contributed by atoms with Gasteiger partial charge in [0, 0.05) is 24.6 Å². The number of likely N-dealkylation sites (N-methyl/N-ethyl adjacent to an activating group) is 1. The van der Waals surface area contributed by atoms with Gasteiger partial charge in [0.05, 0.1) is 6.61 Å². The molecule has 174 valence electrons. The van der Waals surface area contributed by atoms with Gasteiger partial charge in [-0.15, -0.1) is 0 Å². The lowest BCUT2D eigenvalue weighted by Crippen LogP contribution is -2.67. The summed E-state index contributed by atoms with van der Waals surface area (Å²) in [7, 11) is -0.795. The maximum Gasteiger partial charge on any atom is 0.322 e. The number of benzene rings is 2. The van der Waals surface area contributed by atoms with E-state index in [1.807, 2.05) is 24.1 Å². The van der Waals surface area contributed by atoms with Gasteiger partial charge in [0.1, 0.15) is 6.04 Å². The van der Waals surface area contributed by atoms with Crippen LogP contribution in [0.1, 0.15) is 27.2 Å². The van der Waals surface area contributed by atoms with Gasteiger partial charge < -0.3 is 20.4 Å². The highest BCUT2D eigenvalue weighted by Gasteiger charge is 2.51. The molecule has 1 fully saturated rings. The smallest absolute Gasteiger partial charge is 0.322 e. The Morgan fingerprint density at radius 3 is 2.03 bits per heavy atom. The Labute approximate surface area is 192 Å². The van der Waals surface area contributed by atoms with Gasteiger partial charge in [-0.05, 0) is 28.9 Å². The van der Waals surface area contributed by atoms with Gasteiger partial charge >= 0.3 is 5.97 Å². The molecule has 6 nitrogen and oxygen atoms in total. The van der Waals surface area contributed by atoms with Crippen LogP contribution in [0, 0.1) is 5.92 Å². The number of nitrogens with two attached hydrogens (primary N) is 1. The molecular weight excluding hydrogens is 420 g/mol. The van der Waals surface area contributed by atoms with E-state index in [0.29, 0.717) is 13.0 Å². The average Bonchev–Trinajstić information content (AvgIpc) is 3.09. The van der Waals surface area contributed by atoms with E-state index in [0.717, 1.165) is 0 Å². The topological polar surface area (TPSA) is 96.0 Å². The van der Waals surface area contributed by atoms with Crippen LogP contribution in [0.3, 0.4) is 0 Å². The Kier molecular flexibility index (Phi) is 7.57. The van der Waals surface area contributed by atoms with Gasteiger partial charge in [0.2, 0.25) is 0 Å². The second kappa shape index (κ2) is 9.85. The third-order valence-electron chi connectivity index (χ3n) is 6.90. The molecule has 0 saturated carbocycles. The lowest BCUT2D eigenvalue weighted by atomic mass is 9.94. The molecule has 2 aromatic carbocycles. The number of likely N-dealkylation sites (tertiary alicyclic amines) is 1. The molecule has 0 bridgehead atoms. The van der Waals surface area contributed by atoms with E-state index in [9.17, 15) is 15.0 Å². The van der Waals surface area contributed by atoms with Crippen LogP contribution in [0.2, 0.25) is 5.04 Å². The largest absolute Gasteiger partial charge is 0.480 e. The first kappa shape index (κ1) is 24.6. The van der Waals surface area contributed by atoms with Crippen LogP contribution in [0.25, 0.3) is 0 Å². The molecule has 4 atom stereocenters. The molecule has 0 radical (unpaired) electrons. The first-order valence-electron chi connectivity index (χ1n) is 11.2. The molecule has 2 aromatic rings. The standard InChI is InChI=1S/C25H36N2O4Si/c1-25(2,3)32(20-11-7-5-8-12-20,21-13-9-6-10-14-21)31-17-19-15-18(16-28)23(27(19)4)22(26)24(29)30/h5-14,18-19,22-23,28H,15-17,26H2,1-4H3,(H,29,30)/t18-,19+,22-,23-/m1/s1. The summed E-state index contributed by atoms with van der Waals surface area (Å²) in [5.41, 5.74) is 5.99. The highest BCUT2D eigenvalue weighted by molar-refractivity contribution is 6.99. The number of hydrogen-bond donors (Lipinski definition) is 3. The Hall–Kier alpha value is -2.03. The number of carboxylic acids is 1. The van der Waals surface area contributed by atoms with E-state index < -0.39 is 26.4 Å². The van der Waals surface area contributed by atoms with E-state index in [2.05, 4.69) is 69.3 Å². The summed E-state index contributed by atoms with van der Waals surface area (Å²) in [4.78, 5) is 13.6. The van der Waals surface area contributed by atoms with E-state index >= 15 is 0 Å². The highest BCUT2D eigenvalue weighted by atomic mass is 28.4. The van der Waals surface area contributed by atoms with Crippen LogP contribution in [0.4, 0.5) is 0 Å². The number of aliphatic hydroxyl groups excluding tert-OH is 1. The first-order valence-corrected chi connectivity index (χ1v) is 13.1. The van der Waals surface area contributed by atoms with E-state index in [1.54, 1.807) is 0 Å². The number of aliphatic hydroxyl groups is 1. The summed E-state index contributed by atoms with van der Waals surface area (Å²) < 4.78 is 7.03. The van der Waals surface area contributed by atoms with Crippen molar-refractivity contribution in [3.8, 4) is 0 Å². The average molecular weight is 457 g/mol. The van der Waals surface area contributed by atoms with Crippen LogP contribution in [0.15, 0.2) is 60.7 Å². The summed E-state index contributed by atoms with van der Waals surface area (Å²) in [6, 6.07) is 19.4. The van der Waals surface area contributed by atoms with Crippen molar-refractivity contribution < 1.29 is 19.4 Å². The molecule has 32 heavy (non-hydrogen) atoms. The predicted molar refractivity (Wildman–Crippen MR) is 130 cm³/mol. The van der Waals surface area contributed by atoms with E-state index in [4.69, 9.17) is 10.2 Å². The molecule has 7 heteroatoms. The first-order chi connectivity index (χ1) is 15.1. The highest BCUT2D eigenvalue weighted by Crippen LogP contribution is 2.38. The molecule has 0 spiro atoms. The third kappa shape index (κ3) is 4.54. The number of carboxylic acid groups (broad SMARTS) is 1. The Morgan fingerprint density at radius 1 is 1.12 bits per heavy atom. The maximum absolute atomic E-state index is 11.6. The lowest BCUT2D eigenvalue weighted by Gasteiger charge is -2.44. The summed E-state index contributed by atoms with van der Waals surface area (Å²) >= 11 is 0. The predicted octanol–water partition coefficient (Wildman–Crippen LogP) is 1.66. The Morgan fingerprint density at radius 2 is 1.62 bits per heavy atom. The van der Waals surface area contributed by atoms with Crippen molar-refractivity contribution in [2.45, 2.75) is 50.4 Å². The van der Waals surface area contributed by atoms with Crippen molar-refractivity contribution in [3.63, 3.8) is 0 Å². The minimum Gasteiger partial charge on any atom is -0.480 e. The number of rotatable bonds is 8. The normalized spacial score (nSPS) is 23.2. The fraction of sp³-hybridized carbons (Fsp3) is 0.480. The minimum absolute atomic E-state index is 0.0239. The van der Waals surface area contributed by atoms with Gasteiger partial charge in [0.25, 0.3) is 8.32 Å². The summed E-state index contributed by atoms with van der Waals surface area (Å²) in [6.45, 7) is 7.06. The summed E-state index contributed by atoms with van der Waals surface area (Å²) in [5, 5.41) is 21.6. The maximum atomic E-state index is 11.6. The molecule has 4 N–H and O–H groups in total. The molecular formula is C25H36N2O4Si. The molecule has 0 aliphatic carbocycles. The zero-order valence-electron chi connectivity index (χ0n) is 19.4. The van der Waals surface area contributed by atoms with Crippen LogP contribution in [-0.2, 0) is 9.22 Å².